The van der Waals surface area contributed by atoms with E-state index in [9.17, 15) is 61.4 Å². The Morgan fingerprint density at radius 3 is 1.93 bits per heavy atom. The number of likely N-dealkylation sites (N-methyl/N-ethyl adjacent to an activating group) is 2. The fraction of sp³-hybridized carbons (Fsp3) is 0.720. The Balaban J connectivity index is 1.20. The number of carbonyl (C=O) groups is 9. The summed E-state index contributed by atoms with van der Waals surface area (Å²) in [6, 6.07) is 10.6. The lowest BCUT2D eigenvalue weighted by Crippen LogP contribution is -2.54. The van der Waals surface area contributed by atoms with Crippen molar-refractivity contribution in [2.24, 2.45) is 47.3 Å². The van der Waals surface area contributed by atoms with E-state index in [2.05, 4.69) is 15.5 Å². The number of aliphatic hydroxyl groups excluding tert-OH is 1. The first-order valence-electron chi connectivity index (χ1n) is 36.0. The minimum Gasteiger partial charge on any atom is -0.445 e. The van der Waals surface area contributed by atoms with Crippen molar-refractivity contribution in [3.05, 3.63) is 65.7 Å². The molecule has 13 unspecified atom stereocenters. The van der Waals surface area contributed by atoms with Crippen LogP contribution in [0.5, 0.6) is 0 Å². The molecular formula is C75H116F3N7O14. The van der Waals surface area contributed by atoms with Gasteiger partial charge in [-0.3, -0.25) is 53.5 Å². The first-order valence-corrected chi connectivity index (χ1v) is 36.0. The number of methoxy groups -OCH3 is 2. The monoisotopic (exact) mass is 1400 g/mol. The molecular weight excluding hydrogens is 1280 g/mol. The van der Waals surface area contributed by atoms with Crippen molar-refractivity contribution in [3.63, 3.8) is 0 Å². The molecule has 3 aliphatic rings. The standard InChI is InChI=1S/C75H116F3N7O14/c1-15-50(8)69(62(96-13)45-66(91)84-37-23-27-58(84)71(97-14)52(10)59(86)42-51(9)70(92)54-24-18-16-19-25-54)81(11)73(94)57(47(2)3)44-61(88)68(49(6)7)82(12)74(95)99-46-53-29-31-56(32-30-53)79-72(93)55(26-22-35-83-38-40-98-41-39-83)43-60(87)67(48(4)5)80-63(75(76,77)78)28-20-17-21-36-85-64(89)33-34-65(85)90/h16,18-19,24-25,29-32,47-52,55,57-58,62-63,67-71,80,92H,15,17,20-23,26-28,33-46H2,1-14H3,(H,79,93). The molecule has 2 aromatic rings. The van der Waals surface area contributed by atoms with Gasteiger partial charge >= 0.3 is 12.3 Å². The van der Waals surface area contributed by atoms with Crippen LogP contribution in [0.2, 0.25) is 0 Å². The zero-order valence-electron chi connectivity index (χ0n) is 61.3. The van der Waals surface area contributed by atoms with Crippen LogP contribution < -0.4 is 10.6 Å². The fourth-order valence-corrected chi connectivity index (χ4v) is 14.4. The van der Waals surface area contributed by atoms with Crippen molar-refractivity contribution in [3.8, 4) is 0 Å². The lowest BCUT2D eigenvalue weighted by Gasteiger charge is -2.41. The summed E-state index contributed by atoms with van der Waals surface area (Å²) in [5.41, 5.74) is 1.65. The Hall–Kier alpha value is -6.18. The van der Waals surface area contributed by atoms with E-state index in [0.29, 0.717) is 89.2 Å². The first-order chi connectivity index (χ1) is 46.8. The van der Waals surface area contributed by atoms with Gasteiger partial charge in [0, 0.05) is 110 Å². The summed E-state index contributed by atoms with van der Waals surface area (Å²) < 4.78 is 67.1. The van der Waals surface area contributed by atoms with Crippen molar-refractivity contribution in [1.29, 1.82) is 0 Å². The fourth-order valence-electron chi connectivity index (χ4n) is 14.4. The number of halogens is 3. The number of nitrogens with one attached hydrogen (secondary N) is 2. The predicted octanol–water partition coefficient (Wildman–Crippen LogP) is 10.6. The molecule has 0 aromatic heterocycles. The van der Waals surface area contributed by atoms with Gasteiger partial charge in [0.25, 0.3) is 0 Å². The lowest BCUT2D eigenvalue weighted by atomic mass is 9.83. The van der Waals surface area contributed by atoms with Crippen LogP contribution in [0.15, 0.2) is 54.6 Å². The highest BCUT2D eigenvalue weighted by Crippen LogP contribution is 2.34. The number of carbonyl (C=O) groups excluding carboxylic acids is 9. The van der Waals surface area contributed by atoms with Gasteiger partial charge in [-0.25, -0.2) is 4.79 Å². The Kier molecular flexibility index (Phi) is 34.1. The molecule has 6 amide bonds. The van der Waals surface area contributed by atoms with E-state index in [1.54, 1.807) is 75.9 Å². The van der Waals surface area contributed by atoms with E-state index in [0.717, 1.165) is 10.5 Å². The number of hydrogen-bond acceptors (Lipinski definition) is 16. The third kappa shape index (κ3) is 24.5. The van der Waals surface area contributed by atoms with Crippen LogP contribution in [0.4, 0.5) is 23.7 Å². The summed E-state index contributed by atoms with van der Waals surface area (Å²) in [6.07, 6.45) is -4.50. The van der Waals surface area contributed by atoms with Crippen molar-refractivity contribution < 1.29 is 80.4 Å². The number of likely N-dealkylation sites (tertiary alicyclic amines) is 2. The van der Waals surface area contributed by atoms with Gasteiger partial charge in [-0.05, 0) is 97.9 Å². The largest absolute Gasteiger partial charge is 0.445 e. The van der Waals surface area contributed by atoms with Gasteiger partial charge in [-0.1, -0.05) is 131 Å². The van der Waals surface area contributed by atoms with E-state index in [4.69, 9.17) is 18.9 Å². The Labute approximate surface area is 586 Å². The molecule has 0 spiro atoms. The molecule has 24 heteroatoms. The number of aliphatic hydroxyl groups is 1. The Bertz CT molecular complexity index is 2900. The van der Waals surface area contributed by atoms with Crippen LogP contribution in [-0.4, -0.2) is 205 Å². The lowest BCUT2D eigenvalue weighted by molar-refractivity contribution is -0.161. The second-order valence-electron chi connectivity index (χ2n) is 28.9. The second-order valence-corrected chi connectivity index (χ2v) is 28.9. The van der Waals surface area contributed by atoms with Gasteiger partial charge in [0.15, 0.2) is 11.6 Å². The minimum absolute atomic E-state index is 0.0607. The molecule has 3 saturated heterocycles. The summed E-state index contributed by atoms with van der Waals surface area (Å²) in [5.74, 6) is -6.52. The maximum Gasteiger partial charge on any atom is 0.410 e. The quantitative estimate of drug-likeness (QED) is 0.0413. The van der Waals surface area contributed by atoms with E-state index in [1.807, 2.05) is 71.9 Å². The van der Waals surface area contributed by atoms with Gasteiger partial charge < -0.3 is 44.1 Å². The smallest absolute Gasteiger partial charge is 0.410 e. The maximum atomic E-state index is 14.9. The first kappa shape index (κ1) is 83.5. The number of unbranched alkanes of at least 4 members (excludes halogenated alkanes) is 2. The zero-order chi connectivity index (χ0) is 73.4. The predicted molar refractivity (Wildman–Crippen MR) is 372 cm³/mol. The summed E-state index contributed by atoms with van der Waals surface area (Å²) in [6.45, 7) is 21.9. The number of benzene rings is 2. The van der Waals surface area contributed by atoms with E-state index < -0.39 is 102 Å². The average Bonchev–Trinajstić information content (AvgIpc) is 1.80. The number of hydrogen-bond donors (Lipinski definition) is 3. The highest BCUT2D eigenvalue weighted by molar-refractivity contribution is 6.02. The number of ketones is 3. The molecule has 2 aromatic carbocycles. The minimum atomic E-state index is -4.68. The highest BCUT2D eigenvalue weighted by atomic mass is 19.4. The molecule has 3 aliphatic heterocycles. The third-order valence-electron chi connectivity index (χ3n) is 20.6. The Morgan fingerprint density at radius 1 is 0.707 bits per heavy atom. The van der Waals surface area contributed by atoms with Gasteiger partial charge in [0.1, 0.15) is 18.4 Å². The number of Topliss-reactive ketones (excluding diaryl/α,β-unsaturated/α-hetero) is 3. The molecule has 0 saturated carbocycles. The maximum absolute atomic E-state index is 14.9. The van der Waals surface area contributed by atoms with Crippen molar-refractivity contribution >= 4 is 58.7 Å². The summed E-state index contributed by atoms with van der Waals surface area (Å²) in [5, 5.41) is 16.5. The number of amides is 6. The van der Waals surface area contributed by atoms with E-state index in [-0.39, 0.29) is 124 Å². The van der Waals surface area contributed by atoms with Gasteiger partial charge in [0.05, 0.1) is 62.1 Å². The van der Waals surface area contributed by atoms with Crippen molar-refractivity contribution in [2.45, 2.75) is 227 Å². The van der Waals surface area contributed by atoms with Crippen LogP contribution in [0, 0.1) is 47.3 Å². The number of nitrogens with zero attached hydrogens (tertiary/aromatic N) is 5. The summed E-state index contributed by atoms with van der Waals surface area (Å²) in [4.78, 5) is 132. The molecule has 3 fully saturated rings. The van der Waals surface area contributed by atoms with Crippen LogP contribution in [-0.2, 0) is 63.9 Å². The molecule has 13 atom stereocenters. The van der Waals surface area contributed by atoms with E-state index in [1.165, 1.54) is 19.1 Å². The van der Waals surface area contributed by atoms with Crippen LogP contribution in [0.3, 0.4) is 0 Å². The molecule has 3 N–H and O–H groups in total. The number of imide groups is 1. The second kappa shape index (κ2) is 40.5. The number of morpholine rings is 1. The van der Waals surface area contributed by atoms with Crippen LogP contribution in [0.25, 0.3) is 0 Å². The molecule has 0 radical (unpaired) electrons. The van der Waals surface area contributed by atoms with Gasteiger partial charge in [-0.15, -0.1) is 0 Å². The average molecular weight is 1400 g/mol. The van der Waals surface area contributed by atoms with E-state index >= 15 is 0 Å². The molecule has 99 heavy (non-hydrogen) atoms. The molecule has 0 aliphatic carbocycles. The van der Waals surface area contributed by atoms with Crippen molar-refractivity contribution in [2.75, 3.05) is 79.6 Å². The zero-order valence-corrected chi connectivity index (χ0v) is 61.3. The van der Waals surface area contributed by atoms with Gasteiger partial charge in [-0.2, -0.15) is 13.2 Å². The van der Waals surface area contributed by atoms with Crippen molar-refractivity contribution in [1.82, 2.24) is 29.8 Å². The Morgan fingerprint density at radius 2 is 1.35 bits per heavy atom. The SMILES string of the molecule is CCC(C)C(C(CC(=O)N1CCCC1C(OC)C(C)C(=O)CC(C)C(O)c1ccccc1)OC)N(C)C(=O)C(CC(=O)C(C(C)C)N(C)C(=O)OCc1ccc(NC(=O)C(CCCN2CCOCC2)CC(=O)C(NC(CCCCCN2C(=O)CCC2=O)C(F)(F)F)C(C)C)cc1)C(C)C. The molecule has 0 bridgehead atoms. The van der Waals surface area contributed by atoms with Crippen LogP contribution in [0.1, 0.15) is 183 Å². The molecule has 3 heterocycles. The summed E-state index contributed by atoms with van der Waals surface area (Å²) in [7, 11) is 6.22. The number of anilines is 1. The number of rotatable bonds is 42. The molecule has 21 nitrogen and oxygen atoms in total. The number of ether oxygens (including phenoxy) is 4. The topological polar surface area (TPSA) is 251 Å². The number of alkyl halides is 3. The molecule has 556 valence electrons. The third-order valence-corrected chi connectivity index (χ3v) is 20.6. The molecule has 5 rings (SSSR count). The summed E-state index contributed by atoms with van der Waals surface area (Å²) >= 11 is 0. The van der Waals surface area contributed by atoms with Crippen LogP contribution >= 0.6 is 0 Å². The normalized spacial score (nSPS) is 19.2. The highest BCUT2D eigenvalue weighted by Gasteiger charge is 2.46. The van der Waals surface area contributed by atoms with Gasteiger partial charge in [0.2, 0.25) is 29.5 Å².